The van der Waals surface area contributed by atoms with Crippen LogP contribution in [0.5, 0.6) is 0 Å². The summed E-state index contributed by atoms with van der Waals surface area (Å²) in [6.45, 7) is 2.74. The van der Waals surface area contributed by atoms with Crippen LogP contribution in [0.1, 0.15) is 35.3 Å². The smallest absolute Gasteiger partial charge is 0.252 e. The van der Waals surface area contributed by atoms with Gasteiger partial charge in [-0.3, -0.25) is 9.48 Å². The molecule has 0 atom stereocenters. The molecule has 14 heavy (non-hydrogen) atoms. The number of hydrogen-bond acceptors (Lipinski definition) is 2. The molecule has 2 rings (SSSR count). The average molecular weight is 193 g/mol. The van der Waals surface area contributed by atoms with Crippen molar-refractivity contribution in [2.24, 2.45) is 11.7 Å². The number of aryl methyl sites for hydroxylation is 1. The zero-order chi connectivity index (χ0) is 10.1. The molecular weight excluding hydrogens is 178 g/mol. The molecule has 0 aromatic carbocycles. The van der Waals surface area contributed by atoms with Crippen LogP contribution in [0.15, 0.2) is 6.20 Å². The third-order valence-electron chi connectivity index (χ3n) is 2.88. The predicted octanol–water partition coefficient (Wildman–Crippen LogP) is 1.09. The van der Waals surface area contributed by atoms with Crippen molar-refractivity contribution >= 4 is 5.91 Å². The Kier molecular flexibility index (Phi) is 2.27. The average Bonchev–Trinajstić information content (AvgIpc) is 2.39. The van der Waals surface area contributed by atoms with E-state index in [2.05, 4.69) is 5.10 Å². The highest BCUT2D eigenvalue weighted by Crippen LogP contribution is 2.27. The van der Waals surface area contributed by atoms with Crippen LogP contribution in [0.4, 0.5) is 0 Å². The minimum absolute atomic E-state index is 0.387. The second-order valence-electron chi connectivity index (χ2n) is 4.01. The molecule has 2 N–H and O–H groups in total. The van der Waals surface area contributed by atoms with Crippen LogP contribution >= 0.6 is 0 Å². The normalized spacial score (nSPS) is 16.6. The molecule has 0 radical (unpaired) electrons. The van der Waals surface area contributed by atoms with Gasteiger partial charge in [0, 0.05) is 12.7 Å². The van der Waals surface area contributed by atoms with Gasteiger partial charge in [-0.1, -0.05) is 6.42 Å². The first-order valence-electron chi connectivity index (χ1n) is 5.00. The lowest BCUT2D eigenvalue weighted by Crippen LogP contribution is -2.18. The second-order valence-corrected chi connectivity index (χ2v) is 4.01. The SMILES string of the molecule is Cc1nn(CC2CCC2)cc1C(N)=O. The van der Waals surface area contributed by atoms with Crippen LogP contribution in [0.3, 0.4) is 0 Å². The summed E-state index contributed by atoms with van der Waals surface area (Å²) in [5.41, 5.74) is 6.49. The van der Waals surface area contributed by atoms with Gasteiger partial charge in [-0.25, -0.2) is 0 Å². The summed E-state index contributed by atoms with van der Waals surface area (Å²) in [6, 6.07) is 0. The number of carbonyl (C=O) groups is 1. The lowest BCUT2D eigenvalue weighted by Gasteiger charge is -2.24. The van der Waals surface area contributed by atoms with Gasteiger partial charge in [-0.2, -0.15) is 5.10 Å². The lowest BCUT2D eigenvalue weighted by atomic mass is 9.85. The van der Waals surface area contributed by atoms with E-state index in [0.29, 0.717) is 5.56 Å². The fourth-order valence-corrected chi connectivity index (χ4v) is 1.79. The molecule has 0 unspecified atom stereocenters. The molecular formula is C10H15N3O. The minimum atomic E-state index is -0.387. The molecule has 0 saturated heterocycles. The van der Waals surface area contributed by atoms with Crippen molar-refractivity contribution < 1.29 is 4.79 Å². The molecule has 1 aromatic heterocycles. The number of primary amides is 1. The first kappa shape index (κ1) is 9.24. The lowest BCUT2D eigenvalue weighted by molar-refractivity contribution is 0.0999. The van der Waals surface area contributed by atoms with Gasteiger partial charge in [-0.15, -0.1) is 0 Å². The molecule has 1 amide bonds. The molecule has 0 aliphatic heterocycles. The van der Waals surface area contributed by atoms with Gasteiger partial charge in [-0.05, 0) is 25.7 Å². The van der Waals surface area contributed by atoms with Crippen LogP contribution in [0.2, 0.25) is 0 Å². The highest BCUT2D eigenvalue weighted by Gasteiger charge is 2.19. The highest BCUT2D eigenvalue weighted by molar-refractivity contribution is 5.93. The molecule has 0 spiro atoms. The Morgan fingerprint density at radius 3 is 2.86 bits per heavy atom. The number of nitrogens with zero attached hydrogens (tertiary/aromatic N) is 2. The number of rotatable bonds is 3. The molecule has 1 aliphatic carbocycles. The standard InChI is InChI=1S/C10H15N3O/c1-7-9(10(11)14)6-13(12-7)5-8-3-2-4-8/h6,8H,2-5H2,1H3,(H2,11,14). The van der Waals surface area contributed by atoms with E-state index in [4.69, 9.17) is 5.73 Å². The van der Waals surface area contributed by atoms with E-state index in [1.165, 1.54) is 19.3 Å². The van der Waals surface area contributed by atoms with E-state index in [9.17, 15) is 4.79 Å². The van der Waals surface area contributed by atoms with E-state index in [-0.39, 0.29) is 5.91 Å². The van der Waals surface area contributed by atoms with Crippen molar-refractivity contribution in [2.45, 2.75) is 32.7 Å². The summed E-state index contributed by atoms with van der Waals surface area (Å²) in [5, 5.41) is 4.27. The number of carbonyl (C=O) groups excluding carboxylic acids is 1. The maximum atomic E-state index is 11.0. The summed E-state index contributed by atoms with van der Waals surface area (Å²) in [6.07, 6.45) is 5.65. The molecule has 0 bridgehead atoms. The van der Waals surface area contributed by atoms with Crippen LogP contribution in [-0.2, 0) is 6.54 Å². The summed E-state index contributed by atoms with van der Waals surface area (Å²) < 4.78 is 1.85. The van der Waals surface area contributed by atoms with E-state index in [1.807, 2.05) is 11.6 Å². The Morgan fingerprint density at radius 2 is 2.43 bits per heavy atom. The molecule has 4 nitrogen and oxygen atoms in total. The summed E-state index contributed by atoms with van der Waals surface area (Å²) in [5.74, 6) is 0.359. The first-order valence-corrected chi connectivity index (χ1v) is 5.00. The summed E-state index contributed by atoms with van der Waals surface area (Å²) in [4.78, 5) is 11.0. The summed E-state index contributed by atoms with van der Waals surface area (Å²) in [7, 11) is 0. The maximum absolute atomic E-state index is 11.0. The number of aromatic nitrogens is 2. The van der Waals surface area contributed by atoms with Gasteiger partial charge >= 0.3 is 0 Å². The van der Waals surface area contributed by atoms with E-state index in [0.717, 1.165) is 18.2 Å². The quantitative estimate of drug-likeness (QED) is 0.781. The summed E-state index contributed by atoms with van der Waals surface area (Å²) >= 11 is 0. The Hall–Kier alpha value is -1.32. The van der Waals surface area contributed by atoms with Crippen LogP contribution in [-0.4, -0.2) is 15.7 Å². The third kappa shape index (κ3) is 1.64. The molecule has 4 heteroatoms. The van der Waals surface area contributed by atoms with Crippen molar-refractivity contribution in [2.75, 3.05) is 0 Å². The topological polar surface area (TPSA) is 60.9 Å². The molecule has 1 aromatic rings. The molecule has 1 heterocycles. The van der Waals surface area contributed by atoms with Gasteiger partial charge in [0.25, 0.3) is 5.91 Å². The third-order valence-corrected chi connectivity index (χ3v) is 2.88. The van der Waals surface area contributed by atoms with E-state index in [1.54, 1.807) is 6.20 Å². The van der Waals surface area contributed by atoms with Crippen LogP contribution in [0, 0.1) is 12.8 Å². The van der Waals surface area contributed by atoms with Crippen molar-refractivity contribution in [1.29, 1.82) is 0 Å². The van der Waals surface area contributed by atoms with Crippen LogP contribution in [0.25, 0.3) is 0 Å². The van der Waals surface area contributed by atoms with Gasteiger partial charge in [0.05, 0.1) is 11.3 Å². The van der Waals surface area contributed by atoms with Gasteiger partial charge in [0.2, 0.25) is 0 Å². The van der Waals surface area contributed by atoms with Crippen molar-refractivity contribution in [3.8, 4) is 0 Å². The van der Waals surface area contributed by atoms with Crippen molar-refractivity contribution in [1.82, 2.24) is 9.78 Å². The Labute approximate surface area is 83.1 Å². The maximum Gasteiger partial charge on any atom is 0.252 e. The number of nitrogens with two attached hydrogens (primary N) is 1. The molecule has 76 valence electrons. The Morgan fingerprint density at radius 1 is 1.71 bits per heavy atom. The predicted molar refractivity (Wildman–Crippen MR) is 52.8 cm³/mol. The Bertz CT molecular complexity index is 352. The fraction of sp³-hybridized carbons (Fsp3) is 0.600. The molecule has 1 aliphatic rings. The second kappa shape index (κ2) is 3.44. The first-order chi connectivity index (χ1) is 6.66. The molecule has 1 saturated carbocycles. The monoisotopic (exact) mass is 193 g/mol. The Balaban J connectivity index is 2.10. The highest BCUT2D eigenvalue weighted by atomic mass is 16.1. The molecule has 1 fully saturated rings. The van der Waals surface area contributed by atoms with Gasteiger partial charge in [0.1, 0.15) is 0 Å². The zero-order valence-corrected chi connectivity index (χ0v) is 8.36. The van der Waals surface area contributed by atoms with Gasteiger partial charge < -0.3 is 5.73 Å². The largest absolute Gasteiger partial charge is 0.365 e. The number of hydrogen-bond donors (Lipinski definition) is 1. The van der Waals surface area contributed by atoms with Crippen molar-refractivity contribution in [3.05, 3.63) is 17.5 Å². The van der Waals surface area contributed by atoms with Gasteiger partial charge in [0.15, 0.2) is 0 Å². The van der Waals surface area contributed by atoms with Crippen LogP contribution < -0.4 is 5.73 Å². The van der Waals surface area contributed by atoms with E-state index >= 15 is 0 Å². The number of amides is 1. The van der Waals surface area contributed by atoms with Crippen molar-refractivity contribution in [3.63, 3.8) is 0 Å². The fourth-order valence-electron chi connectivity index (χ4n) is 1.79. The zero-order valence-electron chi connectivity index (χ0n) is 8.36. The van der Waals surface area contributed by atoms with E-state index < -0.39 is 0 Å². The minimum Gasteiger partial charge on any atom is -0.365 e.